The zero-order valence-corrected chi connectivity index (χ0v) is 7.87. The zero-order valence-electron chi connectivity index (χ0n) is 7.87. The first-order chi connectivity index (χ1) is 7.03. The van der Waals surface area contributed by atoms with Gasteiger partial charge in [-0.2, -0.15) is 13.2 Å². The Morgan fingerprint density at radius 1 is 1.20 bits per heavy atom. The van der Waals surface area contributed by atoms with Crippen LogP contribution in [-0.2, 0) is 4.74 Å². The Kier molecular flexibility index (Phi) is 4.11. The van der Waals surface area contributed by atoms with Gasteiger partial charge in [0.2, 0.25) is 0 Å². The predicted molar refractivity (Wildman–Crippen MR) is 48.3 cm³/mol. The molecular weight excluding hydrogens is 209 g/mol. The Bertz CT molecular complexity index is 284. The van der Waals surface area contributed by atoms with E-state index in [-0.39, 0.29) is 0 Å². The number of benzene rings is 1. The van der Waals surface area contributed by atoms with Gasteiger partial charge in [-0.1, -0.05) is 30.3 Å². The number of alkyl halides is 3. The van der Waals surface area contributed by atoms with Crippen LogP contribution in [0.3, 0.4) is 0 Å². The van der Waals surface area contributed by atoms with E-state index in [2.05, 4.69) is 4.74 Å². The molecule has 2 nitrogen and oxygen atoms in total. The molecule has 0 saturated carbocycles. The summed E-state index contributed by atoms with van der Waals surface area (Å²) in [5, 5.41) is 8.88. The number of hydrogen-bond acceptors (Lipinski definition) is 2. The van der Waals surface area contributed by atoms with Gasteiger partial charge >= 0.3 is 6.18 Å². The van der Waals surface area contributed by atoms with Gasteiger partial charge in [-0.05, 0) is 5.56 Å². The van der Waals surface area contributed by atoms with Crippen molar-refractivity contribution in [3.63, 3.8) is 0 Å². The van der Waals surface area contributed by atoms with Crippen molar-refractivity contribution in [3.8, 4) is 0 Å². The summed E-state index contributed by atoms with van der Waals surface area (Å²) in [5.74, 6) is 0. The van der Waals surface area contributed by atoms with Crippen LogP contribution in [0.2, 0.25) is 0 Å². The average Bonchev–Trinajstić information content (AvgIpc) is 2.19. The molecule has 1 N–H and O–H groups in total. The Morgan fingerprint density at radius 2 is 1.80 bits per heavy atom. The first kappa shape index (κ1) is 12.0. The Hall–Kier alpha value is -1.07. The lowest BCUT2D eigenvalue weighted by atomic mass is 10.1. The van der Waals surface area contributed by atoms with Gasteiger partial charge in [0.1, 0.15) is 12.7 Å². The second-order valence-electron chi connectivity index (χ2n) is 3.01. The molecule has 0 aliphatic rings. The fraction of sp³-hybridized carbons (Fsp3) is 0.400. The SMILES string of the molecule is OCC(OCC(F)(F)F)c1ccccc1. The standard InChI is InChI=1S/C10H11F3O2/c11-10(12,13)7-15-9(6-14)8-4-2-1-3-5-8/h1-5,9,14H,6-7H2. The van der Waals surface area contributed by atoms with Crippen molar-refractivity contribution in [1.82, 2.24) is 0 Å². The van der Waals surface area contributed by atoms with E-state index in [1.54, 1.807) is 30.3 Å². The van der Waals surface area contributed by atoms with E-state index in [1.165, 1.54) is 0 Å². The largest absolute Gasteiger partial charge is 0.411 e. The van der Waals surface area contributed by atoms with Crippen LogP contribution in [-0.4, -0.2) is 24.5 Å². The van der Waals surface area contributed by atoms with Crippen LogP contribution in [0.15, 0.2) is 30.3 Å². The van der Waals surface area contributed by atoms with Crippen LogP contribution >= 0.6 is 0 Å². The predicted octanol–water partition coefficient (Wildman–Crippen LogP) is 2.30. The number of hydrogen-bond donors (Lipinski definition) is 1. The van der Waals surface area contributed by atoms with Gasteiger partial charge in [0.25, 0.3) is 0 Å². The van der Waals surface area contributed by atoms with Crippen LogP contribution < -0.4 is 0 Å². The lowest BCUT2D eigenvalue weighted by molar-refractivity contribution is -0.189. The minimum absolute atomic E-state index is 0.472. The molecule has 15 heavy (non-hydrogen) atoms. The van der Waals surface area contributed by atoms with E-state index in [0.29, 0.717) is 5.56 Å². The third kappa shape index (κ3) is 4.31. The monoisotopic (exact) mass is 220 g/mol. The third-order valence-corrected chi connectivity index (χ3v) is 1.79. The van der Waals surface area contributed by atoms with E-state index in [4.69, 9.17) is 5.11 Å². The average molecular weight is 220 g/mol. The molecule has 0 aromatic heterocycles. The van der Waals surface area contributed by atoms with Crippen molar-refractivity contribution >= 4 is 0 Å². The van der Waals surface area contributed by atoms with Gasteiger partial charge in [-0.15, -0.1) is 0 Å². The second kappa shape index (κ2) is 5.14. The van der Waals surface area contributed by atoms with Crippen LogP contribution in [0.5, 0.6) is 0 Å². The van der Waals surface area contributed by atoms with Crippen LogP contribution in [0.1, 0.15) is 11.7 Å². The summed E-state index contributed by atoms with van der Waals surface area (Å²) in [4.78, 5) is 0. The van der Waals surface area contributed by atoms with Crippen molar-refractivity contribution in [2.45, 2.75) is 12.3 Å². The maximum absolute atomic E-state index is 11.9. The topological polar surface area (TPSA) is 29.5 Å². The van der Waals surface area contributed by atoms with Crippen LogP contribution in [0.25, 0.3) is 0 Å². The van der Waals surface area contributed by atoms with Crippen molar-refractivity contribution in [1.29, 1.82) is 0 Å². The van der Waals surface area contributed by atoms with Gasteiger partial charge in [-0.25, -0.2) is 0 Å². The summed E-state index contributed by atoms with van der Waals surface area (Å²) in [6.45, 7) is -1.83. The van der Waals surface area contributed by atoms with E-state index >= 15 is 0 Å². The highest BCUT2D eigenvalue weighted by atomic mass is 19.4. The quantitative estimate of drug-likeness (QED) is 0.843. The van der Waals surface area contributed by atoms with E-state index < -0.39 is 25.5 Å². The summed E-state index contributed by atoms with van der Waals surface area (Å²) >= 11 is 0. The van der Waals surface area contributed by atoms with Crippen LogP contribution in [0.4, 0.5) is 13.2 Å². The van der Waals surface area contributed by atoms with Gasteiger partial charge in [0.05, 0.1) is 6.61 Å². The highest BCUT2D eigenvalue weighted by molar-refractivity contribution is 5.17. The van der Waals surface area contributed by atoms with Gasteiger partial charge < -0.3 is 9.84 Å². The molecule has 0 aliphatic heterocycles. The maximum atomic E-state index is 11.9. The minimum atomic E-state index is -4.37. The van der Waals surface area contributed by atoms with Gasteiger partial charge in [0.15, 0.2) is 0 Å². The Balaban J connectivity index is 2.58. The van der Waals surface area contributed by atoms with E-state index in [1.807, 2.05) is 0 Å². The highest BCUT2D eigenvalue weighted by Gasteiger charge is 2.29. The summed E-state index contributed by atoms with van der Waals surface area (Å²) in [6.07, 6.45) is -5.30. The van der Waals surface area contributed by atoms with Crippen molar-refractivity contribution in [2.75, 3.05) is 13.2 Å². The molecule has 1 unspecified atom stereocenters. The first-order valence-electron chi connectivity index (χ1n) is 4.37. The first-order valence-corrected chi connectivity index (χ1v) is 4.37. The number of ether oxygens (including phenoxy) is 1. The molecule has 5 heteroatoms. The van der Waals surface area contributed by atoms with Crippen molar-refractivity contribution in [2.24, 2.45) is 0 Å². The molecule has 0 fully saturated rings. The highest BCUT2D eigenvalue weighted by Crippen LogP contribution is 2.21. The lowest BCUT2D eigenvalue weighted by Crippen LogP contribution is -2.21. The van der Waals surface area contributed by atoms with E-state index in [0.717, 1.165) is 0 Å². The van der Waals surface area contributed by atoms with Gasteiger partial charge in [-0.3, -0.25) is 0 Å². The molecule has 0 saturated heterocycles. The number of rotatable bonds is 4. The summed E-state index contributed by atoms with van der Waals surface area (Å²) in [6, 6.07) is 8.31. The summed E-state index contributed by atoms with van der Waals surface area (Å²) in [5.41, 5.74) is 0.532. The molecule has 0 bridgehead atoms. The maximum Gasteiger partial charge on any atom is 0.411 e. The molecule has 1 rings (SSSR count). The molecule has 1 aromatic rings. The van der Waals surface area contributed by atoms with Crippen molar-refractivity contribution in [3.05, 3.63) is 35.9 Å². The van der Waals surface area contributed by atoms with E-state index in [9.17, 15) is 13.2 Å². The lowest BCUT2D eigenvalue weighted by Gasteiger charge is -2.16. The molecule has 0 spiro atoms. The fourth-order valence-electron chi connectivity index (χ4n) is 1.12. The number of halogens is 3. The normalized spacial score (nSPS) is 13.9. The second-order valence-corrected chi connectivity index (χ2v) is 3.01. The summed E-state index contributed by atoms with van der Waals surface area (Å²) < 4.78 is 40.2. The Morgan fingerprint density at radius 3 is 2.27 bits per heavy atom. The molecule has 0 aliphatic carbocycles. The number of aliphatic hydroxyl groups excluding tert-OH is 1. The smallest absolute Gasteiger partial charge is 0.393 e. The molecule has 0 amide bonds. The third-order valence-electron chi connectivity index (χ3n) is 1.79. The van der Waals surface area contributed by atoms with Gasteiger partial charge in [0, 0.05) is 0 Å². The van der Waals surface area contributed by atoms with Crippen LogP contribution in [0, 0.1) is 0 Å². The molecule has 1 atom stereocenters. The molecule has 0 radical (unpaired) electrons. The molecule has 84 valence electrons. The minimum Gasteiger partial charge on any atom is -0.393 e. The fourth-order valence-corrected chi connectivity index (χ4v) is 1.12. The van der Waals surface area contributed by atoms with Crippen molar-refractivity contribution < 1.29 is 23.0 Å². The summed E-state index contributed by atoms with van der Waals surface area (Å²) in [7, 11) is 0. The molecule has 1 aromatic carbocycles. The Labute approximate surface area is 85.3 Å². The molecular formula is C10H11F3O2. The number of aliphatic hydroxyl groups is 1. The molecule has 0 heterocycles. The zero-order chi connectivity index (χ0) is 11.3.